The molecule has 0 spiro atoms. The molecule has 0 fully saturated rings. The molecule has 0 atom stereocenters. The molecule has 0 aliphatic carbocycles. The van der Waals surface area contributed by atoms with Crippen molar-refractivity contribution in [3.8, 4) is 17.0 Å². The van der Waals surface area contributed by atoms with Crippen molar-refractivity contribution in [2.24, 2.45) is 0 Å². The number of carbonyl (C=O) groups is 1. The predicted molar refractivity (Wildman–Crippen MR) is 151 cm³/mol. The van der Waals surface area contributed by atoms with Crippen LogP contribution in [0.1, 0.15) is 88.4 Å². The zero-order chi connectivity index (χ0) is 28.2. The fourth-order valence-corrected chi connectivity index (χ4v) is 5.70. The molecule has 2 aromatic heterocycles. The molecule has 0 amide bonds. The van der Waals surface area contributed by atoms with Crippen molar-refractivity contribution in [3.05, 3.63) is 76.6 Å². The van der Waals surface area contributed by atoms with Crippen molar-refractivity contribution in [1.82, 2.24) is 9.61 Å². The van der Waals surface area contributed by atoms with E-state index in [4.69, 9.17) is 5.10 Å². The molecule has 38 heavy (non-hydrogen) atoms. The van der Waals surface area contributed by atoms with Crippen LogP contribution in [0.5, 0.6) is 5.75 Å². The van der Waals surface area contributed by atoms with Gasteiger partial charge < -0.3 is 10.2 Å². The van der Waals surface area contributed by atoms with E-state index < -0.39 is 11.8 Å². The standard InChI is InChI=1S/C31H35FN2O3S/c1-17(2)25-23-13-14-24(34(23)33-27(26(25)29(36)37)18-9-11-19(32)12-10-18)38-20-15-21(30(3,4)5)28(35)22(16-20)31(6,7)8/h9-17,35H,1-8H3,(H,36,37). The number of rotatable bonds is 5. The third kappa shape index (κ3) is 5.17. The third-order valence-electron chi connectivity index (χ3n) is 6.63. The highest BCUT2D eigenvalue weighted by Gasteiger charge is 2.28. The van der Waals surface area contributed by atoms with E-state index in [9.17, 15) is 19.4 Å². The molecule has 0 aliphatic rings. The largest absolute Gasteiger partial charge is 0.507 e. The number of fused-ring (bicyclic) bond motifs is 1. The Morgan fingerprint density at radius 2 is 1.50 bits per heavy atom. The van der Waals surface area contributed by atoms with Crippen LogP contribution in [0.25, 0.3) is 16.8 Å². The minimum absolute atomic E-state index is 0.0905. The van der Waals surface area contributed by atoms with E-state index in [1.54, 1.807) is 16.6 Å². The summed E-state index contributed by atoms with van der Waals surface area (Å²) in [4.78, 5) is 13.4. The lowest BCUT2D eigenvalue weighted by atomic mass is 9.79. The molecule has 0 unspecified atom stereocenters. The Morgan fingerprint density at radius 3 is 1.97 bits per heavy atom. The van der Waals surface area contributed by atoms with Gasteiger partial charge in [0.05, 0.1) is 11.1 Å². The number of aromatic carboxylic acids is 1. The molecule has 0 saturated carbocycles. The molecule has 2 aromatic carbocycles. The number of phenolic OH excluding ortho intramolecular Hbond substituents is 1. The first-order valence-electron chi connectivity index (χ1n) is 12.7. The first kappa shape index (κ1) is 27.7. The van der Waals surface area contributed by atoms with Crippen molar-refractivity contribution in [3.63, 3.8) is 0 Å². The fraction of sp³-hybridized carbons (Fsp3) is 0.355. The number of benzene rings is 2. The van der Waals surface area contributed by atoms with Crippen molar-refractivity contribution in [2.45, 2.75) is 82.1 Å². The van der Waals surface area contributed by atoms with Gasteiger partial charge in [-0.05, 0) is 70.8 Å². The summed E-state index contributed by atoms with van der Waals surface area (Å²) in [5.41, 5.74) is 3.55. The van der Waals surface area contributed by atoms with Crippen LogP contribution in [0, 0.1) is 5.82 Å². The maximum absolute atomic E-state index is 13.7. The number of hydrogen-bond acceptors (Lipinski definition) is 4. The lowest BCUT2D eigenvalue weighted by Crippen LogP contribution is -2.17. The first-order valence-corrected chi connectivity index (χ1v) is 13.5. The van der Waals surface area contributed by atoms with Gasteiger partial charge in [-0.3, -0.25) is 0 Å². The molecule has 0 radical (unpaired) electrons. The summed E-state index contributed by atoms with van der Waals surface area (Å²) in [5, 5.41) is 26.9. The van der Waals surface area contributed by atoms with Gasteiger partial charge in [0.2, 0.25) is 0 Å². The smallest absolute Gasteiger partial charge is 0.338 e. The van der Waals surface area contributed by atoms with Crippen LogP contribution in [0.3, 0.4) is 0 Å². The summed E-state index contributed by atoms with van der Waals surface area (Å²) in [7, 11) is 0. The molecule has 0 aliphatic heterocycles. The van der Waals surface area contributed by atoms with Crippen LogP contribution < -0.4 is 0 Å². The van der Waals surface area contributed by atoms with Crippen LogP contribution in [0.15, 0.2) is 58.5 Å². The molecule has 4 aromatic rings. The van der Waals surface area contributed by atoms with E-state index in [0.717, 1.165) is 26.6 Å². The van der Waals surface area contributed by atoms with Gasteiger partial charge in [0.15, 0.2) is 0 Å². The second kappa shape index (κ2) is 9.77. The average Bonchev–Trinajstić information content (AvgIpc) is 3.19. The summed E-state index contributed by atoms with van der Waals surface area (Å²) in [6.07, 6.45) is 0. The number of aromatic hydroxyl groups is 1. The van der Waals surface area contributed by atoms with E-state index >= 15 is 0 Å². The number of nitrogens with zero attached hydrogens (tertiary/aromatic N) is 2. The number of aromatic nitrogens is 2. The lowest BCUT2D eigenvalue weighted by molar-refractivity contribution is 0.0695. The van der Waals surface area contributed by atoms with E-state index in [1.807, 2.05) is 38.1 Å². The third-order valence-corrected chi connectivity index (χ3v) is 7.62. The maximum Gasteiger partial charge on any atom is 0.338 e. The summed E-state index contributed by atoms with van der Waals surface area (Å²) in [5.74, 6) is -1.24. The molecular weight excluding hydrogens is 499 g/mol. The van der Waals surface area contributed by atoms with Gasteiger partial charge in [0, 0.05) is 21.6 Å². The van der Waals surface area contributed by atoms with Gasteiger partial charge in [-0.2, -0.15) is 5.10 Å². The van der Waals surface area contributed by atoms with Crippen LogP contribution in [0.4, 0.5) is 4.39 Å². The minimum atomic E-state index is -1.07. The molecule has 2 N–H and O–H groups in total. The topological polar surface area (TPSA) is 74.8 Å². The normalized spacial score (nSPS) is 12.5. The van der Waals surface area contributed by atoms with Crippen LogP contribution in [-0.2, 0) is 10.8 Å². The summed E-state index contributed by atoms with van der Waals surface area (Å²) in [6, 6.07) is 13.6. The average molecular weight is 535 g/mol. The van der Waals surface area contributed by atoms with Gasteiger partial charge in [-0.25, -0.2) is 13.7 Å². The number of carboxylic acids is 1. The van der Waals surface area contributed by atoms with Crippen molar-refractivity contribution < 1.29 is 19.4 Å². The Labute approximate surface area is 227 Å². The Bertz CT molecular complexity index is 1490. The highest BCUT2D eigenvalue weighted by Crippen LogP contribution is 2.44. The number of phenols is 1. The van der Waals surface area contributed by atoms with E-state index in [1.165, 1.54) is 23.9 Å². The lowest BCUT2D eigenvalue weighted by Gasteiger charge is -2.28. The summed E-state index contributed by atoms with van der Waals surface area (Å²) >= 11 is 1.52. The molecule has 2 heterocycles. The van der Waals surface area contributed by atoms with Crippen molar-refractivity contribution >= 4 is 23.2 Å². The Hall–Kier alpha value is -3.32. The first-order chi connectivity index (χ1) is 17.6. The molecule has 5 nitrogen and oxygen atoms in total. The van der Waals surface area contributed by atoms with E-state index in [0.29, 0.717) is 22.6 Å². The molecular formula is C31H35FN2O3S. The number of carboxylic acid groups (broad SMARTS) is 1. The van der Waals surface area contributed by atoms with Crippen molar-refractivity contribution in [1.29, 1.82) is 0 Å². The van der Waals surface area contributed by atoms with Crippen LogP contribution in [0.2, 0.25) is 0 Å². The second-order valence-corrected chi connectivity index (χ2v) is 13.1. The molecule has 4 rings (SSSR count). The predicted octanol–water partition coefficient (Wildman–Crippen LogP) is 8.41. The highest BCUT2D eigenvalue weighted by molar-refractivity contribution is 7.99. The maximum atomic E-state index is 13.7. The minimum Gasteiger partial charge on any atom is -0.507 e. The van der Waals surface area contributed by atoms with Gasteiger partial charge >= 0.3 is 5.97 Å². The van der Waals surface area contributed by atoms with Gasteiger partial charge in [0.25, 0.3) is 0 Å². The van der Waals surface area contributed by atoms with Gasteiger partial charge in [-0.1, -0.05) is 67.2 Å². The Balaban J connectivity index is 1.97. The molecule has 200 valence electrons. The van der Waals surface area contributed by atoms with Crippen LogP contribution in [-0.4, -0.2) is 25.8 Å². The SMILES string of the molecule is CC(C)c1c(C(=O)O)c(-c2ccc(F)cc2)nn2c(Sc3cc(C(C)(C)C)c(O)c(C(C)(C)C)c3)ccc12. The summed E-state index contributed by atoms with van der Waals surface area (Å²) < 4.78 is 15.5. The molecule has 7 heteroatoms. The van der Waals surface area contributed by atoms with Gasteiger partial charge in [0.1, 0.15) is 22.3 Å². The van der Waals surface area contributed by atoms with E-state index in [2.05, 4.69) is 41.5 Å². The molecule has 0 saturated heterocycles. The second-order valence-electron chi connectivity index (χ2n) is 12.0. The Kier molecular flexibility index (Phi) is 7.12. The monoisotopic (exact) mass is 534 g/mol. The van der Waals surface area contributed by atoms with E-state index in [-0.39, 0.29) is 22.3 Å². The van der Waals surface area contributed by atoms with Crippen molar-refractivity contribution in [2.75, 3.05) is 0 Å². The highest BCUT2D eigenvalue weighted by atomic mass is 32.2. The Morgan fingerprint density at radius 1 is 0.947 bits per heavy atom. The van der Waals surface area contributed by atoms with Gasteiger partial charge in [-0.15, -0.1) is 0 Å². The zero-order valence-electron chi connectivity index (χ0n) is 23.2. The number of hydrogen-bond donors (Lipinski definition) is 2. The number of halogens is 1. The zero-order valence-corrected chi connectivity index (χ0v) is 24.0. The summed E-state index contributed by atoms with van der Waals surface area (Å²) in [6.45, 7) is 16.4. The van der Waals surface area contributed by atoms with Crippen LogP contribution >= 0.6 is 11.8 Å². The fourth-order valence-electron chi connectivity index (χ4n) is 4.74. The quantitative estimate of drug-likeness (QED) is 0.269. The molecule has 0 bridgehead atoms.